The van der Waals surface area contributed by atoms with Crippen LogP contribution in [-0.4, -0.2) is 27.0 Å². The van der Waals surface area contributed by atoms with Gasteiger partial charge in [0.05, 0.1) is 6.20 Å². The number of rotatable bonds is 4. The van der Waals surface area contributed by atoms with Gasteiger partial charge in [-0.25, -0.2) is 9.97 Å². The first kappa shape index (κ1) is 13.2. The molecule has 0 aliphatic heterocycles. The summed E-state index contributed by atoms with van der Waals surface area (Å²) >= 11 is 0. The summed E-state index contributed by atoms with van der Waals surface area (Å²) in [6.45, 7) is 5.50. The lowest BCUT2D eigenvalue weighted by atomic mass is 10.1. The topological polar surface area (TPSA) is 59.5 Å². The normalized spacial score (nSPS) is 16.4. The Morgan fingerprint density at radius 3 is 2.85 bits per heavy atom. The molecule has 20 heavy (non-hydrogen) atoms. The highest BCUT2D eigenvalue weighted by atomic mass is 15.3. The number of nitrogens with zero attached hydrogens (tertiary/aromatic N) is 4. The predicted octanol–water partition coefficient (Wildman–Crippen LogP) is 2.72. The van der Waals surface area contributed by atoms with Gasteiger partial charge in [0.2, 0.25) is 0 Å². The molecule has 108 valence electrons. The van der Waals surface area contributed by atoms with Gasteiger partial charge >= 0.3 is 0 Å². The van der Waals surface area contributed by atoms with E-state index in [1.54, 1.807) is 0 Å². The van der Waals surface area contributed by atoms with Crippen molar-refractivity contribution in [2.24, 2.45) is 5.92 Å². The minimum atomic E-state index is 0.553. The van der Waals surface area contributed by atoms with E-state index in [0.29, 0.717) is 17.8 Å². The zero-order valence-electron chi connectivity index (χ0n) is 12.3. The second kappa shape index (κ2) is 5.31. The molecule has 1 aliphatic carbocycles. The Morgan fingerprint density at radius 1 is 1.40 bits per heavy atom. The molecular weight excluding hydrogens is 250 g/mol. The van der Waals surface area contributed by atoms with Gasteiger partial charge in [-0.15, -0.1) is 0 Å². The molecule has 0 bridgehead atoms. The van der Waals surface area contributed by atoms with Gasteiger partial charge in [0.15, 0.2) is 11.5 Å². The number of fused-ring (bicyclic) bond motifs is 1. The van der Waals surface area contributed by atoms with Crippen LogP contribution in [0.3, 0.4) is 0 Å². The van der Waals surface area contributed by atoms with Crippen molar-refractivity contribution in [1.29, 1.82) is 0 Å². The highest BCUT2D eigenvalue weighted by Crippen LogP contribution is 2.30. The van der Waals surface area contributed by atoms with Crippen LogP contribution in [0.4, 0.5) is 11.6 Å². The fourth-order valence-electron chi connectivity index (χ4n) is 3.14. The second-order valence-electron chi connectivity index (χ2n) is 6.13. The van der Waals surface area contributed by atoms with Crippen molar-refractivity contribution in [2.75, 3.05) is 17.2 Å². The highest BCUT2D eigenvalue weighted by Gasteiger charge is 2.26. The summed E-state index contributed by atoms with van der Waals surface area (Å²) in [7, 11) is 0. The Bertz CT molecular complexity index is 583. The van der Waals surface area contributed by atoms with E-state index in [1.165, 1.54) is 25.7 Å². The molecule has 0 spiro atoms. The van der Waals surface area contributed by atoms with E-state index in [2.05, 4.69) is 28.7 Å². The van der Waals surface area contributed by atoms with Crippen LogP contribution in [0.15, 0.2) is 18.6 Å². The molecule has 2 aromatic rings. The van der Waals surface area contributed by atoms with Crippen LogP contribution >= 0.6 is 0 Å². The van der Waals surface area contributed by atoms with Crippen LogP contribution in [-0.2, 0) is 0 Å². The summed E-state index contributed by atoms with van der Waals surface area (Å²) < 4.78 is 1.97. The molecule has 1 aliphatic rings. The lowest BCUT2D eigenvalue weighted by molar-refractivity contribution is 0.532. The molecule has 1 saturated carbocycles. The number of imidazole rings is 1. The first-order valence-electron chi connectivity index (χ1n) is 7.51. The average Bonchev–Trinajstić information content (AvgIpc) is 3.05. The lowest BCUT2D eigenvalue weighted by Gasteiger charge is -2.31. The third-order valence-corrected chi connectivity index (χ3v) is 3.97. The molecule has 0 atom stereocenters. The minimum Gasteiger partial charge on any atom is -0.382 e. The van der Waals surface area contributed by atoms with Crippen molar-refractivity contribution < 1.29 is 0 Å². The smallest absolute Gasteiger partial charge is 0.180 e. The molecule has 0 aromatic carbocycles. The van der Waals surface area contributed by atoms with Crippen molar-refractivity contribution in [1.82, 2.24) is 14.4 Å². The molecule has 0 radical (unpaired) electrons. The lowest BCUT2D eigenvalue weighted by Crippen LogP contribution is -2.37. The third-order valence-electron chi connectivity index (χ3n) is 3.97. The van der Waals surface area contributed by atoms with Crippen LogP contribution in [0.5, 0.6) is 0 Å². The standard InChI is InChI=1S/C15H23N5/c1-11(2)9-20(12-5-3-4-6-12)15-14-17-7-8-19(14)10-13(16)18-15/h7-8,10-12H,3-6,9,16H2,1-2H3. The number of nitrogen functional groups attached to an aromatic ring is 1. The van der Waals surface area contributed by atoms with Gasteiger partial charge in [0.1, 0.15) is 5.82 Å². The van der Waals surface area contributed by atoms with Crippen molar-refractivity contribution in [3.05, 3.63) is 18.6 Å². The van der Waals surface area contributed by atoms with Crippen LogP contribution < -0.4 is 10.6 Å². The maximum atomic E-state index is 5.96. The van der Waals surface area contributed by atoms with E-state index >= 15 is 0 Å². The summed E-state index contributed by atoms with van der Waals surface area (Å²) in [5, 5.41) is 0. The molecule has 3 rings (SSSR count). The van der Waals surface area contributed by atoms with E-state index in [1.807, 2.05) is 23.0 Å². The molecule has 0 amide bonds. The fourth-order valence-corrected chi connectivity index (χ4v) is 3.14. The van der Waals surface area contributed by atoms with E-state index in [9.17, 15) is 0 Å². The van der Waals surface area contributed by atoms with Crippen LogP contribution in [0, 0.1) is 5.92 Å². The van der Waals surface area contributed by atoms with Gasteiger partial charge in [0.25, 0.3) is 0 Å². The van der Waals surface area contributed by atoms with Crippen molar-refractivity contribution >= 4 is 17.3 Å². The van der Waals surface area contributed by atoms with Crippen LogP contribution in [0.1, 0.15) is 39.5 Å². The fraction of sp³-hybridized carbons (Fsp3) is 0.600. The Morgan fingerprint density at radius 2 is 2.15 bits per heavy atom. The number of aromatic nitrogens is 3. The van der Waals surface area contributed by atoms with Gasteiger partial charge in [-0.1, -0.05) is 26.7 Å². The maximum absolute atomic E-state index is 5.96. The number of hydrogen-bond donors (Lipinski definition) is 1. The summed E-state index contributed by atoms with van der Waals surface area (Å²) in [5.74, 6) is 2.08. The molecule has 2 N–H and O–H groups in total. The Labute approximate surface area is 119 Å². The molecule has 0 unspecified atom stereocenters. The zero-order valence-corrected chi connectivity index (χ0v) is 12.3. The van der Waals surface area contributed by atoms with E-state index in [0.717, 1.165) is 18.0 Å². The summed E-state index contributed by atoms with van der Waals surface area (Å²) in [6, 6.07) is 0.576. The van der Waals surface area contributed by atoms with E-state index in [-0.39, 0.29) is 0 Å². The molecule has 1 fully saturated rings. The minimum absolute atomic E-state index is 0.553. The predicted molar refractivity (Wildman–Crippen MR) is 81.8 cm³/mol. The van der Waals surface area contributed by atoms with Gasteiger partial charge in [-0.05, 0) is 18.8 Å². The van der Waals surface area contributed by atoms with Gasteiger partial charge in [-0.3, -0.25) is 0 Å². The zero-order chi connectivity index (χ0) is 14.1. The van der Waals surface area contributed by atoms with Gasteiger partial charge < -0.3 is 15.0 Å². The Balaban J connectivity index is 2.05. The Hall–Kier alpha value is -1.78. The molecule has 2 aromatic heterocycles. The number of hydrogen-bond acceptors (Lipinski definition) is 4. The molecule has 2 heterocycles. The van der Waals surface area contributed by atoms with Gasteiger partial charge in [-0.2, -0.15) is 0 Å². The second-order valence-corrected chi connectivity index (χ2v) is 6.13. The summed E-state index contributed by atoms with van der Waals surface area (Å²) in [6.07, 6.45) is 10.7. The average molecular weight is 273 g/mol. The SMILES string of the molecule is CC(C)CN(c1nc(N)cn2ccnc12)C1CCCC1. The first-order valence-corrected chi connectivity index (χ1v) is 7.51. The monoisotopic (exact) mass is 273 g/mol. The third kappa shape index (κ3) is 2.44. The van der Waals surface area contributed by atoms with Crippen molar-refractivity contribution in [3.8, 4) is 0 Å². The molecule has 5 nitrogen and oxygen atoms in total. The molecule has 5 heteroatoms. The highest BCUT2D eigenvalue weighted by molar-refractivity contribution is 5.66. The molecule has 0 saturated heterocycles. The quantitative estimate of drug-likeness (QED) is 0.930. The maximum Gasteiger partial charge on any atom is 0.180 e. The number of nitrogens with two attached hydrogens (primary N) is 1. The van der Waals surface area contributed by atoms with Crippen molar-refractivity contribution in [2.45, 2.75) is 45.6 Å². The van der Waals surface area contributed by atoms with Crippen LogP contribution in [0.2, 0.25) is 0 Å². The van der Waals surface area contributed by atoms with Crippen molar-refractivity contribution in [3.63, 3.8) is 0 Å². The summed E-state index contributed by atoms with van der Waals surface area (Å²) in [4.78, 5) is 11.5. The number of anilines is 2. The first-order chi connectivity index (χ1) is 9.65. The largest absolute Gasteiger partial charge is 0.382 e. The van der Waals surface area contributed by atoms with Gasteiger partial charge in [0, 0.05) is 25.0 Å². The summed E-state index contributed by atoms with van der Waals surface area (Å²) in [5.41, 5.74) is 6.87. The Kier molecular flexibility index (Phi) is 3.51. The molecular formula is C15H23N5. The van der Waals surface area contributed by atoms with E-state index < -0.39 is 0 Å². The van der Waals surface area contributed by atoms with Crippen LogP contribution in [0.25, 0.3) is 5.65 Å². The van der Waals surface area contributed by atoms with E-state index in [4.69, 9.17) is 5.73 Å².